The van der Waals surface area contributed by atoms with Gasteiger partial charge in [0.1, 0.15) is 5.75 Å². The number of anilines is 1. The second kappa shape index (κ2) is 6.72. The van der Waals surface area contributed by atoms with Crippen molar-refractivity contribution in [3.63, 3.8) is 0 Å². The Balaban J connectivity index is 2.15. The van der Waals surface area contributed by atoms with E-state index in [0.29, 0.717) is 6.54 Å². The summed E-state index contributed by atoms with van der Waals surface area (Å²) in [5.74, 6) is 0.790. The van der Waals surface area contributed by atoms with Crippen LogP contribution in [0.3, 0.4) is 0 Å². The highest BCUT2D eigenvalue weighted by atomic mass is 79.9. The predicted octanol–water partition coefficient (Wildman–Crippen LogP) is 4.99. The predicted molar refractivity (Wildman–Crippen MR) is 87.7 cm³/mol. The smallest absolute Gasteiger partial charge is 0.135 e. The molecule has 0 radical (unpaired) electrons. The summed E-state index contributed by atoms with van der Waals surface area (Å²) in [5, 5.41) is 3.35. The van der Waals surface area contributed by atoms with E-state index in [1.165, 1.54) is 0 Å². The molecule has 0 saturated heterocycles. The third-order valence-electron chi connectivity index (χ3n) is 2.49. The molecule has 100 valence electrons. The molecule has 0 spiro atoms. The molecule has 0 unspecified atom stereocenters. The molecule has 0 bridgehead atoms. The van der Waals surface area contributed by atoms with Crippen molar-refractivity contribution in [3.05, 3.63) is 49.6 Å². The number of benzene rings is 1. The van der Waals surface area contributed by atoms with Crippen LogP contribution in [-0.2, 0) is 6.54 Å². The number of methoxy groups -OCH3 is 1. The molecule has 1 heterocycles. The van der Waals surface area contributed by atoms with Crippen LogP contribution in [0.15, 0.2) is 44.0 Å². The van der Waals surface area contributed by atoms with E-state index < -0.39 is 0 Å². The highest BCUT2D eigenvalue weighted by molar-refractivity contribution is 9.11. The number of halogens is 3. The topological polar surface area (TPSA) is 34.1 Å². The van der Waals surface area contributed by atoms with Gasteiger partial charge in [-0.2, -0.15) is 0 Å². The van der Waals surface area contributed by atoms with Crippen molar-refractivity contribution in [2.45, 2.75) is 6.54 Å². The maximum absolute atomic E-state index is 5.28. The van der Waals surface area contributed by atoms with E-state index in [-0.39, 0.29) is 0 Å². The summed E-state index contributed by atoms with van der Waals surface area (Å²) >= 11 is 10.4. The SMILES string of the molecule is COc1cc(NCc2cncc(Br)c2)c(Br)cc1Br. The molecule has 6 heteroatoms. The Bertz CT molecular complexity index is 590. The Morgan fingerprint density at radius 1 is 1.11 bits per heavy atom. The highest BCUT2D eigenvalue weighted by Crippen LogP contribution is 2.34. The molecule has 1 aromatic carbocycles. The van der Waals surface area contributed by atoms with E-state index in [1.54, 1.807) is 13.3 Å². The Hall–Kier alpha value is -0.590. The summed E-state index contributed by atoms with van der Waals surface area (Å²) in [5.41, 5.74) is 2.07. The van der Waals surface area contributed by atoms with E-state index in [1.807, 2.05) is 24.4 Å². The summed E-state index contributed by atoms with van der Waals surface area (Å²) in [4.78, 5) is 4.14. The molecule has 0 amide bonds. The largest absolute Gasteiger partial charge is 0.495 e. The average Bonchev–Trinajstić information content (AvgIpc) is 2.38. The summed E-state index contributed by atoms with van der Waals surface area (Å²) in [7, 11) is 1.65. The summed E-state index contributed by atoms with van der Waals surface area (Å²) in [6, 6.07) is 5.93. The number of hydrogen-bond acceptors (Lipinski definition) is 3. The number of nitrogens with one attached hydrogen (secondary N) is 1. The molecule has 0 fully saturated rings. The normalized spacial score (nSPS) is 10.3. The summed E-state index contributed by atoms with van der Waals surface area (Å²) in [6.07, 6.45) is 3.60. The van der Waals surface area contributed by atoms with Crippen LogP contribution in [0.1, 0.15) is 5.56 Å². The second-order valence-corrected chi connectivity index (χ2v) is 6.46. The zero-order valence-corrected chi connectivity index (χ0v) is 14.8. The first-order chi connectivity index (χ1) is 9.10. The summed E-state index contributed by atoms with van der Waals surface area (Å²) in [6.45, 7) is 0.690. The fraction of sp³-hybridized carbons (Fsp3) is 0.154. The van der Waals surface area contributed by atoms with Crippen LogP contribution in [0.4, 0.5) is 5.69 Å². The van der Waals surface area contributed by atoms with Crippen LogP contribution in [0, 0.1) is 0 Å². The molecule has 1 N–H and O–H groups in total. The minimum Gasteiger partial charge on any atom is -0.495 e. The van der Waals surface area contributed by atoms with Crippen molar-refractivity contribution in [2.75, 3.05) is 12.4 Å². The molecular weight excluding hydrogens is 440 g/mol. The van der Waals surface area contributed by atoms with Crippen molar-refractivity contribution in [1.29, 1.82) is 0 Å². The van der Waals surface area contributed by atoms with E-state index in [4.69, 9.17) is 4.74 Å². The van der Waals surface area contributed by atoms with Gasteiger partial charge in [0.05, 0.1) is 17.3 Å². The fourth-order valence-electron chi connectivity index (χ4n) is 1.57. The number of aromatic nitrogens is 1. The molecule has 3 nitrogen and oxygen atoms in total. The van der Waals surface area contributed by atoms with Gasteiger partial charge in [0.2, 0.25) is 0 Å². The zero-order valence-electron chi connectivity index (χ0n) is 10.1. The molecule has 1 aromatic heterocycles. The molecule has 0 aliphatic carbocycles. The molecule has 0 saturated carbocycles. The van der Waals surface area contributed by atoms with Gasteiger partial charge in [-0.05, 0) is 65.5 Å². The lowest BCUT2D eigenvalue weighted by Crippen LogP contribution is -2.01. The Morgan fingerprint density at radius 3 is 2.58 bits per heavy atom. The minimum atomic E-state index is 0.690. The lowest BCUT2D eigenvalue weighted by Gasteiger charge is -2.12. The number of nitrogens with zero attached hydrogens (tertiary/aromatic N) is 1. The fourth-order valence-corrected chi connectivity index (χ4v) is 3.28. The van der Waals surface area contributed by atoms with E-state index in [2.05, 4.69) is 58.1 Å². The second-order valence-electron chi connectivity index (χ2n) is 3.83. The van der Waals surface area contributed by atoms with Crippen LogP contribution < -0.4 is 10.1 Å². The van der Waals surface area contributed by atoms with E-state index in [9.17, 15) is 0 Å². The third-order valence-corrected chi connectivity index (χ3v) is 4.20. The molecule has 19 heavy (non-hydrogen) atoms. The van der Waals surface area contributed by atoms with Gasteiger partial charge in [-0.1, -0.05) is 0 Å². The maximum atomic E-state index is 5.28. The molecule has 0 aliphatic rings. The lowest BCUT2D eigenvalue weighted by atomic mass is 10.2. The lowest BCUT2D eigenvalue weighted by molar-refractivity contribution is 0.412. The number of hydrogen-bond donors (Lipinski definition) is 1. The van der Waals surface area contributed by atoms with Crippen LogP contribution in [0.5, 0.6) is 5.75 Å². The average molecular weight is 451 g/mol. The van der Waals surface area contributed by atoms with Gasteiger partial charge in [-0.3, -0.25) is 4.98 Å². The van der Waals surface area contributed by atoms with E-state index in [0.717, 1.165) is 30.4 Å². The van der Waals surface area contributed by atoms with Crippen molar-refractivity contribution in [1.82, 2.24) is 4.98 Å². The number of pyridine rings is 1. The number of rotatable bonds is 4. The first-order valence-electron chi connectivity index (χ1n) is 5.46. The molecular formula is C13H11Br3N2O. The van der Waals surface area contributed by atoms with Gasteiger partial charge >= 0.3 is 0 Å². The van der Waals surface area contributed by atoms with Crippen LogP contribution in [0.25, 0.3) is 0 Å². The highest BCUT2D eigenvalue weighted by Gasteiger charge is 2.07. The van der Waals surface area contributed by atoms with E-state index >= 15 is 0 Å². The minimum absolute atomic E-state index is 0.690. The monoisotopic (exact) mass is 448 g/mol. The van der Waals surface area contributed by atoms with Crippen molar-refractivity contribution in [3.8, 4) is 5.75 Å². The van der Waals surface area contributed by atoms with Gasteiger partial charge < -0.3 is 10.1 Å². The van der Waals surface area contributed by atoms with Gasteiger partial charge in [0.15, 0.2) is 0 Å². The third kappa shape index (κ3) is 3.94. The number of ether oxygens (including phenoxy) is 1. The molecule has 2 rings (SSSR count). The van der Waals surface area contributed by atoms with Gasteiger partial charge in [0.25, 0.3) is 0 Å². The Morgan fingerprint density at radius 2 is 1.89 bits per heavy atom. The van der Waals surface area contributed by atoms with Crippen LogP contribution in [-0.4, -0.2) is 12.1 Å². The molecule has 2 aromatic rings. The standard InChI is InChI=1S/C13H11Br3N2O/c1-19-13-4-12(10(15)3-11(13)16)18-6-8-2-9(14)7-17-5-8/h2-5,7,18H,6H2,1H3. The van der Waals surface area contributed by atoms with Gasteiger partial charge in [-0.25, -0.2) is 0 Å². The first-order valence-corrected chi connectivity index (χ1v) is 7.84. The maximum Gasteiger partial charge on any atom is 0.135 e. The van der Waals surface area contributed by atoms with Crippen molar-refractivity contribution in [2.24, 2.45) is 0 Å². The van der Waals surface area contributed by atoms with Crippen molar-refractivity contribution >= 4 is 53.5 Å². The molecule has 0 aliphatic heterocycles. The first kappa shape index (κ1) is 14.8. The van der Waals surface area contributed by atoms with Crippen molar-refractivity contribution < 1.29 is 4.74 Å². The molecule has 0 atom stereocenters. The Labute approximate surface area is 137 Å². The summed E-state index contributed by atoms with van der Waals surface area (Å²) < 4.78 is 8.14. The van der Waals surface area contributed by atoms with Gasteiger partial charge in [-0.15, -0.1) is 0 Å². The Kier molecular flexibility index (Phi) is 5.24. The van der Waals surface area contributed by atoms with Crippen LogP contribution in [0.2, 0.25) is 0 Å². The zero-order chi connectivity index (χ0) is 13.8. The quantitative estimate of drug-likeness (QED) is 0.712. The van der Waals surface area contributed by atoms with Gasteiger partial charge in [0, 0.05) is 34.0 Å². The van der Waals surface area contributed by atoms with Crippen LogP contribution >= 0.6 is 47.8 Å².